The van der Waals surface area contributed by atoms with E-state index in [4.69, 9.17) is 16.3 Å². The van der Waals surface area contributed by atoms with E-state index in [0.717, 1.165) is 16.7 Å². The quantitative estimate of drug-likeness (QED) is 0.789. The number of hydrogen-bond acceptors (Lipinski definition) is 3. The molecule has 6 heteroatoms. The molecule has 0 fully saturated rings. The summed E-state index contributed by atoms with van der Waals surface area (Å²) in [7, 11) is 1.55. The highest BCUT2D eigenvalue weighted by Gasteiger charge is 2.26. The molecule has 5 nitrogen and oxygen atoms in total. The Kier molecular flexibility index (Phi) is 7.25. The van der Waals surface area contributed by atoms with E-state index in [0.29, 0.717) is 10.8 Å². The van der Waals surface area contributed by atoms with E-state index in [1.165, 1.54) is 4.90 Å². The first-order valence-electron chi connectivity index (χ1n) is 8.77. The maximum Gasteiger partial charge on any atom is 0.261 e. The van der Waals surface area contributed by atoms with Crippen molar-refractivity contribution in [1.82, 2.24) is 10.2 Å². The average Bonchev–Trinajstić information content (AvgIpc) is 2.65. The number of hydrogen-bond donors (Lipinski definition) is 1. The lowest BCUT2D eigenvalue weighted by Gasteiger charge is -2.28. The van der Waals surface area contributed by atoms with Crippen LogP contribution in [0.3, 0.4) is 0 Å². The molecule has 2 aromatic rings. The van der Waals surface area contributed by atoms with Gasteiger partial charge >= 0.3 is 0 Å². The Morgan fingerprint density at radius 3 is 2.59 bits per heavy atom. The van der Waals surface area contributed by atoms with Gasteiger partial charge in [0.1, 0.15) is 11.8 Å². The molecule has 0 radical (unpaired) electrons. The first kappa shape index (κ1) is 20.8. The van der Waals surface area contributed by atoms with E-state index in [1.807, 2.05) is 44.2 Å². The van der Waals surface area contributed by atoms with Crippen LogP contribution in [0.15, 0.2) is 42.5 Å². The fourth-order valence-electron chi connectivity index (χ4n) is 2.71. The summed E-state index contributed by atoms with van der Waals surface area (Å²) < 4.78 is 5.74. The van der Waals surface area contributed by atoms with Crippen LogP contribution in [0.2, 0.25) is 5.02 Å². The van der Waals surface area contributed by atoms with E-state index in [2.05, 4.69) is 5.32 Å². The summed E-state index contributed by atoms with van der Waals surface area (Å²) in [4.78, 5) is 26.5. The van der Waals surface area contributed by atoms with Gasteiger partial charge < -0.3 is 15.0 Å². The van der Waals surface area contributed by atoms with Crippen molar-refractivity contribution in [3.63, 3.8) is 0 Å². The highest BCUT2D eigenvalue weighted by atomic mass is 35.5. The Bertz CT molecular complexity index is 823. The largest absolute Gasteiger partial charge is 0.483 e. The second-order valence-corrected chi connectivity index (χ2v) is 6.94. The van der Waals surface area contributed by atoms with Crippen LogP contribution in [-0.4, -0.2) is 36.4 Å². The zero-order chi connectivity index (χ0) is 20.0. The molecular formula is C21H25ClN2O3. The molecule has 0 aliphatic carbocycles. The molecule has 0 aromatic heterocycles. The van der Waals surface area contributed by atoms with Gasteiger partial charge in [-0.15, -0.1) is 0 Å². The number of nitrogens with one attached hydrogen (secondary N) is 1. The maximum absolute atomic E-state index is 12.9. The van der Waals surface area contributed by atoms with Gasteiger partial charge in [0.25, 0.3) is 5.91 Å². The minimum Gasteiger partial charge on any atom is -0.483 e. The molecule has 1 N–H and O–H groups in total. The molecule has 144 valence electrons. The van der Waals surface area contributed by atoms with Crippen LogP contribution in [0.1, 0.15) is 23.6 Å². The Morgan fingerprint density at radius 2 is 1.93 bits per heavy atom. The van der Waals surface area contributed by atoms with Gasteiger partial charge in [-0.25, -0.2) is 0 Å². The Hall–Kier alpha value is -2.53. The predicted octanol–water partition coefficient (Wildman–Crippen LogP) is 3.50. The van der Waals surface area contributed by atoms with Crippen molar-refractivity contribution in [2.45, 2.75) is 33.4 Å². The third-order valence-corrected chi connectivity index (χ3v) is 4.59. The molecule has 0 aliphatic rings. The van der Waals surface area contributed by atoms with Crippen molar-refractivity contribution in [2.24, 2.45) is 0 Å². The van der Waals surface area contributed by atoms with Crippen LogP contribution in [0, 0.1) is 13.8 Å². The fraction of sp³-hybridized carbons (Fsp3) is 0.333. The van der Waals surface area contributed by atoms with E-state index in [1.54, 1.807) is 26.1 Å². The molecule has 27 heavy (non-hydrogen) atoms. The molecule has 0 saturated carbocycles. The number of carbonyl (C=O) groups is 2. The molecule has 0 unspecified atom stereocenters. The molecule has 1 atom stereocenters. The molecule has 2 rings (SSSR count). The lowest BCUT2D eigenvalue weighted by molar-refractivity contribution is -0.142. The standard InChI is InChI=1S/C21H25ClN2O3/c1-14-8-9-15(2)19(10-14)27-13-20(25)24(16(3)21(26)23-4)12-17-6-5-7-18(22)11-17/h5-11,16H,12-13H2,1-4H3,(H,23,26)/t16-/m1/s1. The number of aryl methyl sites for hydroxylation is 2. The zero-order valence-corrected chi connectivity index (χ0v) is 16.8. The van der Waals surface area contributed by atoms with Crippen molar-refractivity contribution >= 4 is 23.4 Å². The third kappa shape index (κ3) is 5.73. The topological polar surface area (TPSA) is 58.6 Å². The molecule has 2 aromatic carbocycles. The van der Waals surface area contributed by atoms with Crippen LogP contribution < -0.4 is 10.1 Å². The Morgan fingerprint density at radius 1 is 1.19 bits per heavy atom. The van der Waals surface area contributed by atoms with Gasteiger partial charge in [-0.05, 0) is 55.7 Å². The SMILES string of the molecule is CNC(=O)[C@@H](C)N(Cc1cccc(Cl)c1)C(=O)COc1cc(C)ccc1C. The lowest BCUT2D eigenvalue weighted by Crippen LogP contribution is -2.48. The van der Waals surface area contributed by atoms with Crippen molar-refractivity contribution in [3.05, 3.63) is 64.2 Å². The van der Waals surface area contributed by atoms with Gasteiger partial charge in [0.15, 0.2) is 6.61 Å². The number of halogens is 1. The smallest absolute Gasteiger partial charge is 0.261 e. The summed E-state index contributed by atoms with van der Waals surface area (Å²) in [5.74, 6) is 0.155. The second-order valence-electron chi connectivity index (χ2n) is 6.50. The Balaban J connectivity index is 2.17. The predicted molar refractivity (Wildman–Crippen MR) is 107 cm³/mol. The van der Waals surface area contributed by atoms with Crippen LogP contribution >= 0.6 is 11.6 Å². The first-order chi connectivity index (χ1) is 12.8. The fourth-order valence-corrected chi connectivity index (χ4v) is 2.92. The monoisotopic (exact) mass is 388 g/mol. The van der Waals surface area contributed by atoms with Crippen molar-refractivity contribution in [2.75, 3.05) is 13.7 Å². The molecule has 0 saturated heterocycles. The van der Waals surface area contributed by atoms with Gasteiger partial charge in [0.05, 0.1) is 0 Å². The normalized spacial score (nSPS) is 11.6. The van der Waals surface area contributed by atoms with E-state index >= 15 is 0 Å². The highest BCUT2D eigenvalue weighted by Crippen LogP contribution is 2.20. The number of likely N-dealkylation sites (N-methyl/N-ethyl adjacent to an activating group) is 1. The summed E-state index contributed by atoms with van der Waals surface area (Å²) in [5, 5.41) is 3.17. The highest BCUT2D eigenvalue weighted by molar-refractivity contribution is 6.30. The van der Waals surface area contributed by atoms with Crippen molar-refractivity contribution < 1.29 is 14.3 Å². The molecule has 2 amide bonds. The number of rotatable bonds is 7. The van der Waals surface area contributed by atoms with E-state index in [9.17, 15) is 9.59 Å². The van der Waals surface area contributed by atoms with Crippen LogP contribution in [-0.2, 0) is 16.1 Å². The number of carbonyl (C=O) groups excluding carboxylic acids is 2. The van der Waals surface area contributed by atoms with Gasteiger partial charge in [0.2, 0.25) is 5.91 Å². The van der Waals surface area contributed by atoms with Crippen LogP contribution in [0.5, 0.6) is 5.75 Å². The van der Waals surface area contributed by atoms with Gasteiger partial charge in [-0.2, -0.15) is 0 Å². The van der Waals surface area contributed by atoms with E-state index in [-0.39, 0.29) is 25.0 Å². The summed E-state index contributed by atoms with van der Waals surface area (Å²) in [6, 6.07) is 12.4. The summed E-state index contributed by atoms with van der Waals surface area (Å²) in [6.45, 7) is 5.71. The number of nitrogens with zero attached hydrogens (tertiary/aromatic N) is 1. The summed E-state index contributed by atoms with van der Waals surface area (Å²) in [6.07, 6.45) is 0. The lowest BCUT2D eigenvalue weighted by atomic mass is 10.1. The van der Waals surface area contributed by atoms with E-state index < -0.39 is 6.04 Å². The summed E-state index contributed by atoms with van der Waals surface area (Å²) >= 11 is 6.04. The number of ether oxygens (including phenoxy) is 1. The number of amides is 2. The minimum atomic E-state index is -0.635. The zero-order valence-electron chi connectivity index (χ0n) is 16.1. The maximum atomic E-state index is 12.9. The van der Waals surface area contributed by atoms with Gasteiger partial charge in [-0.3, -0.25) is 9.59 Å². The van der Waals surface area contributed by atoms with Crippen LogP contribution in [0.4, 0.5) is 0 Å². The van der Waals surface area contributed by atoms with Gasteiger partial charge in [-0.1, -0.05) is 35.9 Å². The minimum absolute atomic E-state index is 0.147. The average molecular weight is 389 g/mol. The molecule has 0 heterocycles. The summed E-state index contributed by atoms with van der Waals surface area (Å²) in [5.41, 5.74) is 2.85. The third-order valence-electron chi connectivity index (χ3n) is 4.35. The van der Waals surface area contributed by atoms with Crippen molar-refractivity contribution in [3.8, 4) is 5.75 Å². The molecule has 0 bridgehead atoms. The number of benzene rings is 2. The van der Waals surface area contributed by atoms with Crippen LogP contribution in [0.25, 0.3) is 0 Å². The molecule has 0 spiro atoms. The molecular weight excluding hydrogens is 364 g/mol. The Labute approximate surface area is 165 Å². The second kappa shape index (κ2) is 9.42. The molecule has 0 aliphatic heterocycles. The first-order valence-corrected chi connectivity index (χ1v) is 9.15. The van der Waals surface area contributed by atoms with Crippen molar-refractivity contribution in [1.29, 1.82) is 0 Å². The van der Waals surface area contributed by atoms with Gasteiger partial charge in [0, 0.05) is 18.6 Å².